The zero-order valence-corrected chi connectivity index (χ0v) is 13.7. The zero-order valence-electron chi connectivity index (χ0n) is 13.7. The molecule has 2 N–H and O–H groups in total. The molecule has 0 spiro atoms. The first kappa shape index (κ1) is 15.6. The van der Waals surface area contributed by atoms with E-state index in [1.807, 2.05) is 39.0 Å². The van der Waals surface area contributed by atoms with Gasteiger partial charge in [-0.1, -0.05) is 6.07 Å². The number of anilines is 1. The number of ether oxygens (including phenoxy) is 1. The second kappa shape index (κ2) is 6.08. The monoisotopic (exact) mass is 314 g/mol. The third-order valence-electron chi connectivity index (χ3n) is 4.00. The Kier molecular flexibility index (Phi) is 4.13. The molecule has 1 aromatic carbocycles. The van der Waals surface area contributed by atoms with Crippen LogP contribution in [0.25, 0.3) is 11.3 Å². The Labute approximate surface area is 136 Å². The van der Waals surface area contributed by atoms with Gasteiger partial charge in [0.2, 0.25) is 0 Å². The van der Waals surface area contributed by atoms with Crippen LogP contribution in [-0.2, 0) is 4.74 Å². The number of amides is 1. The molecule has 0 aliphatic carbocycles. The molecule has 0 saturated carbocycles. The minimum atomic E-state index is -0.107. The van der Waals surface area contributed by atoms with Crippen molar-refractivity contribution in [1.29, 1.82) is 0 Å². The van der Waals surface area contributed by atoms with Gasteiger partial charge in [0.1, 0.15) is 5.76 Å². The van der Waals surface area contributed by atoms with Crippen LogP contribution in [0.4, 0.5) is 5.69 Å². The molecule has 1 aromatic heterocycles. The van der Waals surface area contributed by atoms with Gasteiger partial charge >= 0.3 is 0 Å². The van der Waals surface area contributed by atoms with E-state index in [0.717, 1.165) is 11.1 Å². The van der Waals surface area contributed by atoms with Crippen molar-refractivity contribution in [1.82, 2.24) is 4.90 Å². The van der Waals surface area contributed by atoms with Gasteiger partial charge in [0.15, 0.2) is 5.76 Å². The first-order valence-corrected chi connectivity index (χ1v) is 7.85. The third-order valence-corrected chi connectivity index (χ3v) is 4.00. The topological polar surface area (TPSA) is 68.7 Å². The highest BCUT2D eigenvalue weighted by Gasteiger charge is 2.28. The second-order valence-electron chi connectivity index (χ2n) is 6.22. The number of carbonyl (C=O) groups is 1. The first-order valence-electron chi connectivity index (χ1n) is 7.85. The molecule has 5 heteroatoms. The summed E-state index contributed by atoms with van der Waals surface area (Å²) >= 11 is 0. The average Bonchev–Trinajstić information content (AvgIpc) is 2.95. The van der Waals surface area contributed by atoms with Gasteiger partial charge in [0, 0.05) is 24.3 Å². The largest absolute Gasteiger partial charge is 0.451 e. The van der Waals surface area contributed by atoms with Crippen LogP contribution >= 0.6 is 0 Å². The van der Waals surface area contributed by atoms with Crippen LogP contribution in [0.3, 0.4) is 0 Å². The van der Waals surface area contributed by atoms with Crippen LogP contribution in [0.15, 0.2) is 34.7 Å². The van der Waals surface area contributed by atoms with Gasteiger partial charge in [-0.3, -0.25) is 4.79 Å². The van der Waals surface area contributed by atoms with Gasteiger partial charge in [-0.05, 0) is 50.6 Å². The maximum absolute atomic E-state index is 12.6. The lowest BCUT2D eigenvalue weighted by molar-refractivity contribution is -0.0592. The van der Waals surface area contributed by atoms with Crippen LogP contribution in [0, 0.1) is 6.92 Å². The fraction of sp³-hybridized carbons (Fsp3) is 0.389. The summed E-state index contributed by atoms with van der Waals surface area (Å²) in [4.78, 5) is 14.4. The maximum Gasteiger partial charge on any atom is 0.289 e. The van der Waals surface area contributed by atoms with Crippen LogP contribution in [0.2, 0.25) is 0 Å². The van der Waals surface area contributed by atoms with E-state index in [0.29, 0.717) is 30.3 Å². The number of nitrogens with two attached hydrogens (primary N) is 1. The lowest BCUT2D eigenvalue weighted by Gasteiger charge is -2.34. The van der Waals surface area contributed by atoms with E-state index >= 15 is 0 Å². The van der Waals surface area contributed by atoms with E-state index in [1.54, 1.807) is 17.0 Å². The highest BCUT2D eigenvalue weighted by Crippen LogP contribution is 2.29. The van der Waals surface area contributed by atoms with E-state index in [9.17, 15) is 4.79 Å². The number of rotatable bonds is 2. The van der Waals surface area contributed by atoms with E-state index < -0.39 is 0 Å². The fourth-order valence-corrected chi connectivity index (χ4v) is 3.00. The molecular weight excluding hydrogens is 292 g/mol. The Morgan fingerprint density at radius 3 is 2.52 bits per heavy atom. The van der Waals surface area contributed by atoms with Gasteiger partial charge < -0.3 is 19.8 Å². The molecule has 0 bridgehead atoms. The standard InChI is InChI=1S/C18H22N2O3/c1-11-4-5-14(15(19)8-11)16-6-7-17(23-16)18(21)20-9-12(2)22-13(3)10-20/h4-8,12-13H,9-10,19H2,1-3H3/t12-,13+. The number of hydrogen-bond acceptors (Lipinski definition) is 4. The summed E-state index contributed by atoms with van der Waals surface area (Å²) in [5, 5.41) is 0. The molecule has 1 fully saturated rings. The van der Waals surface area contributed by atoms with Crippen molar-refractivity contribution in [3.05, 3.63) is 41.7 Å². The molecule has 5 nitrogen and oxygen atoms in total. The Hall–Kier alpha value is -2.27. The molecule has 2 heterocycles. The summed E-state index contributed by atoms with van der Waals surface area (Å²) in [5.41, 5.74) is 8.58. The normalized spacial score (nSPS) is 21.4. The smallest absolute Gasteiger partial charge is 0.289 e. The van der Waals surface area contributed by atoms with Crippen LogP contribution < -0.4 is 5.73 Å². The van der Waals surface area contributed by atoms with Crippen molar-refractivity contribution < 1.29 is 13.9 Å². The Balaban J connectivity index is 1.82. The number of benzene rings is 1. The van der Waals surface area contributed by atoms with Gasteiger partial charge in [-0.25, -0.2) is 0 Å². The number of aryl methyl sites for hydroxylation is 1. The average molecular weight is 314 g/mol. The van der Waals surface area contributed by atoms with Crippen molar-refractivity contribution >= 4 is 11.6 Å². The molecule has 3 rings (SSSR count). The van der Waals surface area contributed by atoms with Crippen LogP contribution in [0.1, 0.15) is 30.0 Å². The van der Waals surface area contributed by atoms with Crippen molar-refractivity contribution in [3.63, 3.8) is 0 Å². The molecule has 0 radical (unpaired) electrons. The quantitative estimate of drug-likeness (QED) is 0.865. The summed E-state index contributed by atoms with van der Waals surface area (Å²) in [6.07, 6.45) is 0.0646. The minimum absolute atomic E-state index is 0.0323. The molecule has 23 heavy (non-hydrogen) atoms. The molecule has 1 amide bonds. The van der Waals surface area contributed by atoms with Crippen molar-refractivity contribution in [2.24, 2.45) is 0 Å². The Bertz CT molecular complexity index is 713. The van der Waals surface area contributed by atoms with Crippen LogP contribution in [-0.4, -0.2) is 36.1 Å². The van der Waals surface area contributed by atoms with Crippen molar-refractivity contribution in [2.45, 2.75) is 33.0 Å². The summed E-state index contributed by atoms with van der Waals surface area (Å²) in [6.45, 7) is 7.07. The lowest BCUT2D eigenvalue weighted by Crippen LogP contribution is -2.48. The van der Waals surface area contributed by atoms with E-state index in [-0.39, 0.29) is 18.1 Å². The second-order valence-corrected chi connectivity index (χ2v) is 6.22. The molecule has 1 saturated heterocycles. The molecule has 0 unspecified atom stereocenters. The van der Waals surface area contributed by atoms with Gasteiger partial charge in [-0.2, -0.15) is 0 Å². The fourth-order valence-electron chi connectivity index (χ4n) is 3.00. The number of furan rings is 1. The minimum Gasteiger partial charge on any atom is -0.451 e. The maximum atomic E-state index is 12.6. The number of morpholine rings is 1. The van der Waals surface area contributed by atoms with E-state index in [1.165, 1.54) is 0 Å². The summed E-state index contributed by atoms with van der Waals surface area (Å²) < 4.78 is 11.4. The molecule has 2 aromatic rings. The molecule has 122 valence electrons. The van der Waals surface area contributed by atoms with E-state index in [2.05, 4.69) is 0 Å². The summed E-state index contributed by atoms with van der Waals surface area (Å²) in [6, 6.07) is 9.28. The zero-order chi connectivity index (χ0) is 16.6. The molecule has 1 aliphatic heterocycles. The third kappa shape index (κ3) is 3.24. The predicted molar refractivity (Wildman–Crippen MR) is 89.2 cm³/mol. The lowest BCUT2D eigenvalue weighted by atomic mass is 10.1. The van der Waals surface area contributed by atoms with Gasteiger partial charge in [-0.15, -0.1) is 0 Å². The molecule has 1 aliphatic rings. The van der Waals surface area contributed by atoms with Crippen LogP contribution in [0.5, 0.6) is 0 Å². The number of nitrogen functional groups attached to an aromatic ring is 1. The summed E-state index contributed by atoms with van der Waals surface area (Å²) in [5.74, 6) is 0.838. The summed E-state index contributed by atoms with van der Waals surface area (Å²) in [7, 11) is 0. The predicted octanol–water partition coefficient (Wildman–Crippen LogP) is 3.09. The number of nitrogens with zero attached hydrogens (tertiary/aromatic N) is 1. The first-order chi connectivity index (χ1) is 10.9. The van der Waals surface area contributed by atoms with E-state index in [4.69, 9.17) is 14.9 Å². The Morgan fingerprint density at radius 1 is 1.17 bits per heavy atom. The molecular formula is C18H22N2O3. The van der Waals surface area contributed by atoms with Gasteiger partial charge in [0.25, 0.3) is 5.91 Å². The SMILES string of the molecule is Cc1ccc(-c2ccc(C(=O)N3C[C@@H](C)O[C@@H](C)C3)o2)c(N)c1. The molecule has 2 atom stereocenters. The highest BCUT2D eigenvalue weighted by molar-refractivity contribution is 5.92. The van der Waals surface area contributed by atoms with Crippen molar-refractivity contribution in [3.8, 4) is 11.3 Å². The highest BCUT2D eigenvalue weighted by atomic mass is 16.5. The van der Waals surface area contributed by atoms with Gasteiger partial charge in [0.05, 0.1) is 12.2 Å². The number of carbonyl (C=O) groups excluding carboxylic acids is 1. The Morgan fingerprint density at radius 2 is 1.87 bits per heavy atom. The van der Waals surface area contributed by atoms with Crippen molar-refractivity contribution in [2.75, 3.05) is 18.8 Å². The number of hydrogen-bond donors (Lipinski definition) is 1.